The van der Waals surface area contributed by atoms with Gasteiger partial charge in [0.2, 0.25) is 5.91 Å². The molecule has 0 saturated carbocycles. The Labute approximate surface area is 171 Å². The topological polar surface area (TPSA) is 69.0 Å². The highest BCUT2D eigenvalue weighted by Gasteiger charge is 2.21. The number of ether oxygens (including phenoxy) is 1. The molecule has 0 aliphatic heterocycles. The number of aromatic nitrogens is 3. The van der Waals surface area contributed by atoms with E-state index in [1.54, 1.807) is 4.68 Å². The minimum atomic E-state index is -0.452. The molecular weight excluding hydrogens is 364 g/mol. The molecule has 0 bridgehead atoms. The standard InChI is InChI=1S/C23H28N4O2/c1-15(2)29-22-25-20(17-9-7-16(3)8-10-17)27(26-22)19-13-11-18(12-14-19)24-21(28)23(4,5)6/h7-15H,1-6H3,(H,24,28). The van der Waals surface area contributed by atoms with E-state index < -0.39 is 5.41 Å². The number of benzene rings is 2. The first-order valence-corrected chi connectivity index (χ1v) is 9.76. The summed E-state index contributed by atoms with van der Waals surface area (Å²) in [4.78, 5) is 16.8. The van der Waals surface area contributed by atoms with Crippen LogP contribution in [-0.4, -0.2) is 26.8 Å². The molecule has 6 heteroatoms. The van der Waals surface area contributed by atoms with Gasteiger partial charge in [0, 0.05) is 16.7 Å². The Morgan fingerprint density at radius 3 is 2.21 bits per heavy atom. The van der Waals surface area contributed by atoms with Crippen LogP contribution >= 0.6 is 0 Å². The van der Waals surface area contributed by atoms with Crippen molar-refractivity contribution in [2.24, 2.45) is 5.41 Å². The third-order valence-electron chi connectivity index (χ3n) is 4.29. The van der Waals surface area contributed by atoms with Crippen LogP contribution in [0.25, 0.3) is 17.1 Å². The Morgan fingerprint density at radius 2 is 1.66 bits per heavy atom. The van der Waals surface area contributed by atoms with Gasteiger partial charge in [-0.15, -0.1) is 5.10 Å². The third-order valence-corrected chi connectivity index (χ3v) is 4.29. The maximum Gasteiger partial charge on any atom is 0.336 e. The number of rotatable bonds is 5. The van der Waals surface area contributed by atoms with Crippen molar-refractivity contribution < 1.29 is 9.53 Å². The average molecular weight is 393 g/mol. The highest BCUT2D eigenvalue weighted by Crippen LogP contribution is 2.25. The zero-order valence-electron chi connectivity index (χ0n) is 17.9. The van der Waals surface area contributed by atoms with Gasteiger partial charge in [0.25, 0.3) is 0 Å². The molecule has 0 aliphatic rings. The first kappa shape index (κ1) is 20.6. The molecule has 152 valence electrons. The number of aryl methyl sites for hydroxylation is 1. The van der Waals surface area contributed by atoms with Crippen LogP contribution in [0.5, 0.6) is 6.01 Å². The van der Waals surface area contributed by atoms with E-state index >= 15 is 0 Å². The zero-order valence-corrected chi connectivity index (χ0v) is 17.9. The summed E-state index contributed by atoms with van der Waals surface area (Å²) in [6, 6.07) is 16.0. The van der Waals surface area contributed by atoms with E-state index in [1.165, 1.54) is 5.56 Å². The minimum Gasteiger partial charge on any atom is -0.460 e. The van der Waals surface area contributed by atoms with E-state index in [1.807, 2.05) is 90.1 Å². The summed E-state index contributed by atoms with van der Waals surface area (Å²) in [6.45, 7) is 11.6. The number of amides is 1. The van der Waals surface area contributed by atoms with Crippen molar-refractivity contribution in [1.29, 1.82) is 0 Å². The maximum atomic E-state index is 12.2. The van der Waals surface area contributed by atoms with Gasteiger partial charge >= 0.3 is 6.01 Å². The van der Waals surface area contributed by atoms with Gasteiger partial charge in [-0.1, -0.05) is 50.6 Å². The summed E-state index contributed by atoms with van der Waals surface area (Å²) in [5, 5.41) is 7.48. The lowest BCUT2D eigenvalue weighted by atomic mass is 9.95. The van der Waals surface area contributed by atoms with Crippen LogP contribution in [0, 0.1) is 12.3 Å². The molecule has 1 N–H and O–H groups in total. The largest absolute Gasteiger partial charge is 0.460 e. The van der Waals surface area contributed by atoms with E-state index in [2.05, 4.69) is 15.4 Å². The number of carbonyl (C=O) groups excluding carboxylic acids is 1. The van der Waals surface area contributed by atoms with Gasteiger partial charge in [-0.3, -0.25) is 4.79 Å². The smallest absolute Gasteiger partial charge is 0.336 e. The molecule has 0 saturated heterocycles. The monoisotopic (exact) mass is 392 g/mol. The fourth-order valence-corrected chi connectivity index (χ4v) is 2.63. The Kier molecular flexibility index (Phi) is 5.73. The molecule has 6 nitrogen and oxygen atoms in total. The van der Waals surface area contributed by atoms with Gasteiger partial charge in [-0.2, -0.15) is 4.98 Å². The van der Waals surface area contributed by atoms with Crippen LogP contribution in [-0.2, 0) is 4.79 Å². The molecule has 29 heavy (non-hydrogen) atoms. The van der Waals surface area contributed by atoms with Gasteiger partial charge < -0.3 is 10.1 Å². The second-order valence-corrected chi connectivity index (χ2v) is 8.41. The summed E-state index contributed by atoms with van der Waals surface area (Å²) in [7, 11) is 0. The van der Waals surface area contributed by atoms with E-state index in [9.17, 15) is 4.79 Å². The predicted octanol–water partition coefficient (Wildman–Crippen LogP) is 5.01. The molecular formula is C23H28N4O2. The van der Waals surface area contributed by atoms with E-state index in [0.29, 0.717) is 11.8 Å². The predicted molar refractivity (Wildman–Crippen MR) is 115 cm³/mol. The molecule has 0 atom stereocenters. The third kappa shape index (κ3) is 5.02. The van der Waals surface area contributed by atoms with Gasteiger partial charge in [0.1, 0.15) is 0 Å². The van der Waals surface area contributed by atoms with Gasteiger partial charge in [0.05, 0.1) is 11.8 Å². The van der Waals surface area contributed by atoms with Gasteiger partial charge in [0.15, 0.2) is 5.82 Å². The van der Waals surface area contributed by atoms with Crippen molar-refractivity contribution in [1.82, 2.24) is 14.8 Å². The van der Waals surface area contributed by atoms with Gasteiger partial charge in [-0.05, 0) is 45.0 Å². The summed E-state index contributed by atoms with van der Waals surface area (Å²) < 4.78 is 7.48. The molecule has 0 fully saturated rings. The summed E-state index contributed by atoms with van der Waals surface area (Å²) in [6.07, 6.45) is -0.0216. The van der Waals surface area contributed by atoms with Crippen LogP contribution in [0.1, 0.15) is 40.2 Å². The number of nitrogens with zero attached hydrogens (tertiary/aromatic N) is 3. The van der Waals surface area contributed by atoms with Crippen LogP contribution < -0.4 is 10.1 Å². The number of anilines is 1. The summed E-state index contributed by atoms with van der Waals surface area (Å²) in [5.41, 5.74) is 3.25. The van der Waals surface area contributed by atoms with Crippen molar-refractivity contribution in [3.8, 4) is 23.1 Å². The van der Waals surface area contributed by atoms with Crippen molar-refractivity contribution in [2.75, 3.05) is 5.32 Å². The first-order chi connectivity index (χ1) is 13.6. The van der Waals surface area contributed by atoms with Crippen LogP contribution in [0.4, 0.5) is 5.69 Å². The zero-order chi connectivity index (χ0) is 21.2. The summed E-state index contributed by atoms with van der Waals surface area (Å²) >= 11 is 0. The first-order valence-electron chi connectivity index (χ1n) is 9.76. The molecule has 0 aliphatic carbocycles. The molecule has 0 unspecified atom stereocenters. The van der Waals surface area contributed by atoms with Crippen LogP contribution in [0.2, 0.25) is 0 Å². The molecule has 3 aromatic rings. The van der Waals surface area contributed by atoms with Crippen molar-refractivity contribution >= 4 is 11.6 Å². The molecule has 0 radical (unpaired) electrons. The normalized spacial score (nSPS) is 11.6. The van der Waals surface area contributed by atoms with Gasteiger partial charge in [-0.25, -0.2) is 4.68 Å². The molecule has 1 amide bonds. The van der Waals surface area contributed by atoms with Crippen molar-refractivity contribution in [2.45, 2.75) is 47.6 Å². The van der Waals surface area contributed by atoms with E-state index in [-0.39, 0.29) is 12.0 Å². The Balaban J connectivity index is 1.95. The van der Waals surface area contributed by atoms with E-state index in [4.69, 9.17) is 4.74 Å². The molecule has 2 aromatic carbocycles. The number of hydrogen-bond acceptors (Lipinski definition) is 4. The molecule has 1 heterocycles. The summed E-state index contributed by atoms with van der Waals surface area (Å²) in [5.74, 6) is 0.672. The molecule has 3 rings (SSSR count). The van der Waals surface area contributed by atoms with Crippen molar-refractivity contribution in [3.63, 3.8) is 0 Å². The second kappa shape index (κ2) is 8.07. The van der Waals surface area contributed by atoms with Crippen LogP contribution in [0.3, 0.4) is 0 Å². The minimum absolute atomic E-state index is 0.0216. The lowest BCUT2D eigenvalue weighted by Crippen LogP contribution is -2.27. The molecule has 1 aromatic heterocycles. The maximum absolute atomic E-state index is 12.2. The second-order valence-electron chi connectivity index (χ2n) is 8.41. The van der Waals surface area contributed by atoms with E-state index in [0.717, 1.165) is 16.9 Å². The lowest BCUT2D eigenvalue weighted by molar-refractivity contribution is -0.123. The Hall–Kier alpha value is -3.15. The van der Waals surface area contributed by atoms with Crippen molar-refractivity contribution in [3.05, 3.63) is 54.1 Å². The Morgan fingerprint density at radius 1 is 1.03 bits per heavy atom. The lowest BCUT2D eigenvalue weighted by Gasteiger charge is -2.17. The highest BCUT2D eigenvalue weighted by atomic mass is 16.5. The SMILES string of the molecule is Cc1ccc(-c2nc(OC(C)C)nn2-c2ccc(NC(=O)C(C)(C)C)cc2)cc1. The van der Waals surface area contributed by atoms with Crippen LogP contribution in [0.15, 0.2) is 48.5 Å². The number of nitrogens with one attached hydrogen (secondary N) is 1. The average Bonchev–Trinajstić information content (AvgIpc) is 3.05. The fourth-order valence-electron chi connectivity index (χ4n) is 2.63. The highest BCUT2D eigenvalue weighted by molar-refractivity contribution is 5.94. The quantitative estimate of drug-likeness (QED) is 0.662. The fraction of sp³-hybridized carbons (Fsp3) is 0.348. The number of hydrogen-bond donors (Lipinski definition) is 1. The Bertz CT molecular complexity index is 981. The molecule has 0 spiro atoms. The number of carbonyl (C=O) groups is 1.